The van der Waals surface area contributed by atoms with Gasteiger partial charge in [0.05, 0.1) is 11.6 Å². The number of aromatic nitrogens is 2. The number of nitrogens with zero attached hydrogens (tertiary/aromatic N) is 1. The summed E-state index contributed by atoms with van der Waals surface area (Å²) < 4.78 is 0. The molecule has 0 aliphatic carbocycles. The largest absolute Gasteiger partial charge is 0.478 e. The molecule has 1 aromatic heterocycles. The van der Waals surface area contributed by atoms with Crippen LogP contribution in [0.4, 0.5) is 10.5 Å². The number of hydrogen-bond donors (Lipinski definition) is 4. The molecule has 0 aliphatic heterocycles. The number of carbonyl (C=O) groups excluding carboxylic acids is 1. The van der Waals surface area contributed by atoms with Gasteiger partial charge in [-0.25, -0.2) is 14.6 Å². The normalized spacial score (nSPS) is 11.7. The number of aromatic amines is 1. The zero-order chi connectivity index (χ0) is 15.4. The quantitative estimate of drug-likeness (QED) is 0.692. The van der Waals surface area contributed by atoms with Crippen LogP contribution in [0.15, 0.2) is 30.6 Å². The third kappa shape index (κ3) is 3.38. The van der Waals surface area contributed by atoms with Crippen molar-refractivity contribution < 1.29 is 14.7 Å². The second kappa shape index (κ2) is 6.08. The molecule has 1 atom stereocenters. The van der Waals surface area contributed by atoms with E-state index in [-0.39, 0.29) is 11.6 Å². The molecule has 0 bridgehead atoms. The average molecular weight is 288 g/mol. The van der Waals surface area contributed by atoms with E-state index < -0.39 is 12.0 Å². The topological polar surface area (TPSA) is 107 Å². The molecule has 0 radical (unpaired) electrons. The lowest BCUT2D eigenvalue weighted by Gasteiger charge is -2.14. The molecule has 1 unspecified atom stereocenters. The fourth-order valence-electron chi connectivity index (χ4n) is 1.94. The van der Waals surface area contributed by atoms with Crippen molar-refractivity contribution in [2.24, 2.45) is 0 Å². The molecule has 0 fully saturated rings. The highest BCUT2D eigenvalue weighted by Gasteiger charge is 2.14. The number of amides is 2. The van der Waals surface area contributed by atoms with E-state index in [9.17, 15) is 9.59 Å². The number of rotatable bonds is 4. The van der Waals surface area contributed by atoms with Crippen LogP contribution in [0.5, 0.6) is 0 Å². The number of urea groups is 1. The fraction of sp³-hybridized carbons (Fsp3) is 0.214. The van der Waals surface area contributed by atoms with Gasteiger partial charge in [-0.1, -0.05) is 6.07 Å². The number of imidazole rings is 1. The first kappa shape index (κ1) is 14.6. The van der Waals surface area contributed by atoms with E-state index in [2.05, 4.69) is 20.6 Å². The molecule has 0 aliphatic rings. The van der Waals surface area contributed by atoms with Crippen molar-refractivity contribution in [3.63, 3.8) is 0 Å². The second-order valence-corrected chi connectivity index (χ2v) is 4.58. The number of carbonyl (C=O) groups is 2. The molecular formula is C14H16N4O3. The lowest BCUT2D eigenvalue weighted by molar-refractivity contribution is 0.0696. The van der Waals surface area contributed by atoms with Gasteiger partial charge in [0, 0.05) is 18.1 Å². The van der Waals surface area contributed by atoms with Crippen LogP contribution in [-0.2, 0) is 0 Å². The zero-order valence-electron chi connectivity index (χ0n) is 11.7. The van der Waals surface area contributed by atoms with E-state index in [1.165, 1.54) is 6.07 Å². The van der Waals surface area contributed by atoms with E-state index in [0.29, 0.717) is 17.1 Å². The minimum Gasteiger partial charge on any atom is -0.478 e. The standard InChI is InChI=1S/C14H16N4O3/c1-8-10(13(19)20)4-3-5-11(8)18-14(21)17-9(2)12-15-6-7-16-12/h3-7,9H,1-2H3,(H,15,16)(H,19,20)(H2,17,18,21). The Bertz CT molecular complexity index is 652. The van der Waals surface area contributed by atoms with Gasteiger partial charge < -0.3 is 20.7 Å². The molecule has 21 heavy (non-hydrogen) atoms. The Morgan fingerprint density at radius 1 is 1.38 bits per heavy atom. The van der Waals surface area contributed by atoms with Crippen LogP contribution < -0.4 is 10.6 Å². The van der Waals surface area contributed by atoms with Crippen molar-refractivity contribution in [1.82, 2.24) is 15.3 Å². The van der Waals surface area contributed by atoms with E-state index in [0.717, 1.165) is 0 Å². The molecule has 2 aromatic rings. The van der Waals surface area contributed by atoms with Crippen LogP contribution in [0, 0.1) is 6.92 Å². The number of H-pyrrole nitrogens is 1. The monoisotopic (exact) mass is 288 g/mol. The molecule has 2 rings (SSSR count). The molecular weight excluding hydrogens is 272 g/mol. The number of anilines is 1. The Hall–Kier alpha value is -2.83. The molecule has 7 heteroatoms. The lowest BCUT2D eigenvalue weighted by Crippen LogP contribution is -2.32. The Morgan fingerprint density at radius 3 is 2.76 bits per heavy atom. The smallest absolute Gasteiger partial charge is 0.336 e. The Balaban J connectivity index is 2.06. The first-order valence-corrected chi connectivity index (χ1v) is 6.38. The van der Waals surface area contributed by atoms with Crippen LogP contribution in [0.2, 0.25) is 0 Å². The third-order valence-electron chi connectivity index (χ3n) is 3.09. The summed E-state index contributed by atoms with van der Waals surface area (Å²) in [6, 6.07) is 4.01. The third-order valence-corrected chi connectivity index (χ3v) is 3.09. The molecule has 0 saturated heterocycles. The number of aromatic carboxylic acids is 1. The summed E-state index contributed by atoms with van der Waals surface area (Å²) in [5.74, 6) is -0.387. The van der Waals surface area contributed by atoms with Gasteiger partial charge in [0.25, 0.3) is 0 Å². The Morgan fingerprint density at radius 2 is 2.14 bits per heavy atom. The van der Waals surface area contributed by atoms with Gasteiger partial charge in [0.1, 0.15) is 5.82 Å². The summed E-state index contributed by atoms with van der Waals surface area (Å²) in [7, 11) is 0. The molecule has 0 spiro atoms. The first-order chi connectivity index (χ1) is 9.99. The van der Waals surface area contributed by atoms with Crippen LogP contribution >= 0.6 is 0 Å². The van der Waals surface area contributed by atoms with Crippen molar-refractivity contribution in [1.29, 1.82) is 0 Å². The molecule has 2 amide bonds. The molecule has 4 N–H and O–H groups in total. The minimum absolute atomic E-state index is 0.159. The summed E-state index contributed by atoms with van der Waals surface area (Å²) >= 11 is 0. The van der Waals surface area contributed by atoms with E-state index in [1.54, 1.807) is 38.4 Å². The number of hydrogen-bond acceptors (Lipinski definition) is 3. The fourth-order valence-corrected chi connectivity index (χ4v) is 1.94. The lowest BCUT2D eigenvalue weighted by atomic mass is 10.1. The van der Waals surface area contributed by atoms with Gasteiger partial charge in [0.2, 0.25) is 0 Å². The summed E-state index contributed by atoms with van der Waals surface area (Å²) in [5, 5.41) is 14.4. The van der Waals surface area contributed by atoms with Gasteiger partial charge in [-0.2, -0.15) is 0 Å². The Kier molecular flexibility index (Phi) is 4.22. The summed E-state index contributed by atoms with van der Waals surface area (Å²) in [4.78, 5) is 30.0. The molecule has 1 heterocycles. The van der Waals surface area contributed by atoms with Gasteiger partial charge in [-0.05, 0) is 31.5 Å². The minimum atomic E-state index is -1.03. The van der Waals surface area contributed by atoms with Crippen molar-refractivity contribution in [3.8, 4) is 0 Å². The molecule has 7 nitrogen and oxygen atoms in total. The first-order valence-electron chi connectivity index (χ1n) is 6.38. The zero-order valence-corrected chi connectivity index (χ0v) is 11.7. The van der Waals surface area contributed by atoms with E-state index in [1.807, 2.05) is 0 Å². The van der Waals surface area contributed by atoms with Gasteiger partial charge in [-0.15, -0.1) is 0 Å². The maximum Gasteiger partial charge on any atom is 0.336 e. The van der Waals surface area contributed by atoms with Crippen LogP contribution in [0.25, 0.3) is 0 Å². The van der Waals surface area contributed by atoms with Gasteiger partial charge >= 0.3 is 12.0 Å². The predicted octanol–water partition coefficient (Wildman–Crippen LogP) is 2.30. The average Bonchev–Trinajstić information content (AvgIpc) is 2.94. The number of carboxylic acid groups (broad SMARTS) is 1. The molecule has 0 saturated carbocycles. The number of benzene rings is 1. The highest BCUT2D eigenvalue weighted by Crippen LogP contribution is 2.19. The van der Waals surface area contributed by atoms with Crippen molar-refractivity contribution in [2.45, 2.75) is 19.9 Å². The van der Waals surface area contributed by atoms with Gasteiger partial charge in [-0.3, -0.25) is 0 Å². The SMILES string of the molecule is Cc1c(NC(=O)NC(C)c2ncc[nH]2)cccc1C(=O)O. The molecule has 110 valence electrons. The molecule has 1 aromatic carbocycles. The van der Waals surface area contributed by atoms with Crippen LogP contribution in [0.1, 0.15) is 34.7 Å². The highest BCUT2D eigenvalue weighted by molar-refractivity contribution is 5.95. The number of nitrogens with one attached hydrogen (secondary N) is 3. The summed E-state index contributed by atoms with van der Waals surface area (Å²) in [6.45, 7) is 3.44. The Labute approximate surface area is 121 Å². The van der Waals surface area contributed by atoms with Crippen LogP contribution in [-0.4, -0.2) is 27.1 Å². The summed E-state index contributed by atoms with van der Waals surface area (Å²) in [5.41, 5.74) is 1.12. The maximum atomic E-state index is 11.9. The van der Waals surface area contributed by atoms with Gasteiger partial charge in [0.15, 0.2) is 0 Å². The van der Waals surface area contributed by atoms with Crippen molar-refractivity contribution in [2.75, 3.05) is 5.32 Å². The predicted molar refractivity (Wildman–Crippen MR) is 77.3 cm³/mol. The summed E-state index contributed by atoms with van der Waals surface area (Å²) in [6.07, 6.45) is 3.28. The van der Waals surface area contributed by atoms with E-state index in [4.69, 9.17) is 5.11 Å². The highest BCUT2D eigenvalue weighted by atomic mass is 16.4. The maximum absolute atomic E-state index is 11.9. The van der Waals surface area contributed by atoms with E-state index >= 15 is 0 Å². The van der Waals surface area contributed by atoms with Crippen molar-refractivity contribution in [3.05, 3.63) is 47.5 Å². The van der Waals surface area contributed by atoms with Crippen molar-refractivity contribution >= 4 is 17.7 Å². The second-order valence-electron chi connectivity index (χ2n) is 4.58. The number of carboxylic acids is 1. The van der Waals surface area contributed by atoms with Crippen LogP contribution in [0.3, 0.4) is 0 Å².